The third-order valence-corrected chi connectivity index (χ3v) is 3.58. The van der Waals surface area contributed by atoms with Gasteiger partial charge in [-0.25, -0.2) is 4.98 Å². The summed E-state index contributed by atoms with van der Waals surface area (Å²) in [6.07, 6.45) is -0.498. The Morgan fingerprint density at radius 3 is 2.92 bits per heavy atom. The Bertz CT molecular complexity index is 266. The molecule has 0 aliphatic heterocycles. The van der Waals surface area contributed by atoms with Gasteiger partial charge in [0, 0.05) is 13.0 Å². The molecule has 5 heteroatoms. The van der Waals surface area contributed by atoms with Crippen LogP contribution >= 0.6 is 27.3 Å². The zero-order valence-electron chi connectivity index (χ0n) is 7.53. The number of ether oxygens (including phenoxy) is 1. The normalized spacial score (nSPS) is 15.7. The van der Waals surface area contributed by atoms with Gasteiger partial charge in [-0.2, -0.15) is 0 Å². The first kappa shape index (κ1) is 11.1. The molecule has 0 amide bonds. The van der Waals surface area contributed by atoms with E-state index in [-0.39, 0.29) is 5.92 Å². The summed E-state index contributed by atoms with van der Waals surface area (Å²) in [4.78, 5) is 4.88. The number of hydrogen-bond acceptors (Lipinski definition) is 4. The molecule has 0 aromatic carbocycles. The van der Waals surface area contributed by atoms with Crippen molar-refractivity contribution < 1.29 is 9.84 Å². The van der Waals surface area contributed by atoms with E-state index in [1.807, 2.05) is 6.92 Å². The van der Waals surface area contributed by atoms with Gasteiger partial charge >= 0.3 is 0 Å². The Balaban J connectivity index is 2.67. The molecule has 2 unspecified atom stereocenters. The minimum atomic E-state index is -0.498. The first-order chi connectivity index (χ1) is 6.16. The lowest BCUT2D eigenvalue weighted by Gasteiger charge is -2.16. The van der Waals surface area contributed by atoms with Gasteiger partial charge in [-0.3, -0.25) is 0 Å². The number of aromatic nitrogens is 1. The van der Waals surface area contributed by atoms with E-state index >= 15 is 0 Å². The van der Waals surface area contributed by atoms with Crippen molar-refractivity contribution in [2.24, 2.45) is 5.92 Å². The van der Waals surface area contributed by atoms with Crippen molar-refractivity contribution in [3.8, 4) is 0 Å². The van der Waals surface area contributed by atoms with Crippen molar-refractivity contribution in [1.29, 1.82) is 0 Å². The van der Waals surface area contributed by atoms with E-state index in [9.17, 15) is 5.11 Å². The van der Waals surface area contributed by atoms with Crippen LogP contribution in [0.5, 0.6) is 0 Å². The fourth-order valence-electron chi connectivity index (χ4n) is 1.05. The Hall–Kier alpha value is 0.0300. The maximum atomic E-state index is 9.85. The summed E-state index contributed by atoms with van der Waals surface area (Å²) < 4.78 is 5.70. The summed E-state index contributed by atoms with van der Waals surface area (Å²) in [5.41, 5.74) is 1.71. The predicted octanol–water partition coefficient (Wildman–Crippen LogP) is 2.22. The Kier molecular flexibility index (Phi) is 4.31. The molecular formula is C8H12BrNO2S. The first-order valence-electron chi connectivity index (χ1n) is 3.92. The fraction of sp³-hybridized carbons (Fsp3) is 0.625. The third-order valence-electron chi connectivity index (χ3n) is 1.79. The van der Waals surface area contributed by atoms with Crippen LogP contribution in [0.3, 0.4) is 0 Å². The van der Waals surface area contributed by atoms with E-state index in [4.69, 9.17) is 4.74 Å². The molecule has 0 saturated heterocycles. The van der Waals surface area contributed by atoms with Crippen molar-refractivity contribution in [3.05, 3.63) is 15.0 Å². The summed E-state index contributed by atoms with van der Waals surface area (Å²) >= 11 is 4.73. The summed E-state index contributed by atoms with van der Waals surface area (Å²) in [6, 6.07) is 0. The van der Waals surface area contributed by atoms with Gasteiger partial charge in [0.2, 0.25) is 0 Å². The topological polar surface area (TPSA) is 42.4 Å². The maximum Gasteiger partial charge on any atom is 0.122 e. The fourth-order valence-corrected chi connectivity index (χ4v) is 2.59. The Morgan fingerprint density at radius 2 is 2.46 bits per heavy atom. The van der Waals surface area contributed by atoms with E-state index in [0.717, 1.165) is 9.48 Å². The largest absolute Gasteiger partial charge is 0.387 e. The van der Waals surface area contributed by atoms with Crippen molar-refractivity contribution in [3.63, 3.8) is 0 Å². The lowest BCUT2D eigenvalue weighted by atomic mass is 10.1. The van der Waals surface area contributed by atoms with Gasteiger partial charge in [-0.15, -0.1) is 11.3 Å². The van der Waals surface area contributed by atoms with Crippen LogP contribution in [0.2, 0.25) is 0 Å². The molecule has 0 spiro atoms. The molecular weight excluding hydrogens is 254 g/mol. The van der Waals surface area contributed by atoms with Crippen LogP contribution < -0.4 is 0 Å². The SMILES string of the molecule is COCC(C)C(O)c1scnc1Br. The smallest absolute Gasteiger partial charge is 0.122 e. The maximum absolute atomic E-state index is 9.85. The number of aliphatic hydroxyl groups excluding tert-OH is 1. The van der Waals surface area contributed by atoms with Crippen LogP contribution in [0.1, 0.15) is 17.9 Å². The average molecular weight is 266 g/mol. The highest BCUT2D eigenvalue weighted by Gasteiger charge is 2.20. The molecule has 1 N–H and O–H groups in total. The highest BCUT2D eigenvalue weighted by molar-refractivity contribution is 9.10. The highest BCUT2D eigenvalue weighted by atomic mass is 79.9. The van der Waals surface area contributed by atoms with Crippen LogP contribution in [0.25, 0.3) is 0 Å². The van der Waals surface area contributed by atoms with Gasteiger partial charge in [0.25, 0.3) is 0 Å². The van der Waals surface area contributed by atoms with Gasteiger partial charge in [-0.05, 0) is 15.9 Å². The van der Waals surface area contributed by atoms with Crippen LogP contribution in [-0.4, -0.2) is 23.8 Å². The number of halogens is 1. The number of aliphatic hydroxyl groups is 1. The third kappa shape index (κ3) is 2.74. The molecule has 0 bridgehead atoms. The van der Waals surface area contributed by atoms with Gasteiger partial charge < -0.3 is 9.84 Å². The molecule has 0 radical (unpaired) electrons. The second-order valence-electron chi connectivity index (χ2n) is 2.88. The van der Waals surface area contributed by atoms with Gasteiger partial charge in [-0.1, -0.05) is 6.92 Å². The van der Waals surface area contributed by atoms with E-state index in [1.54, 1.807) is 12.6 Å². The van der Waals surface area contributed by atoms with Crippen LogP contribution in [-0.2, 0) is 4.74 Å². The molecule has 0 aliphatic rings. The molecule has 1 rings (SSSR count). The monoisotopic (exact) mass is 265 g/mol. The lowest BCUT2D eigenvalue weighted by molar-refractivity contribution is 0.0583. The lowest BCUT2D eigenvalue weighted by Crippen LogP contribution is -2.13. The quantitative estimate of drug-likeness (QED) is 0.908. The predicted molar refractivity (Wildman–Crippen MR) is 55.8 cm³/mol. The molecule has 1 aromatic heterocycles. The summed E-state index contributed by atoms with van der Waals surface area (Å²) in [5.74, 6) is 0.0850. The molecule has 74 valence electrons. The second-order valence-corrected chi connectivity index (χ2v) is 4.52. The molecule has 1 aromatic rings. The molecule has 0 aliphatic carbocycles. The van der Waals surface area contributed by atoms with Crippen molar-refractivity contribution in [2.45, 2.75) is 13.0 Å². The first-order valence-corrected chi connectivity index (χ1v) is 5.60. The summed E-state index contributed by atoms with van der Waals surface area (Å²) in [5, 5.41) is 9.85. The van der Waals surface area contributed by atoms with E-state index in [0.29, 0.717) is 6.61 Å². The van der Waals surface area contributed by atoms with Gasteiger partial charge in [0.15, 0.2) is 0 Å². The number of thiazole rings is 1. The zero-order chi connectivity index (χ0) is 9.84. The van der Waals surface area contributed by atoms with E-state index in [1.165, 1.54) is 11.3 Å². The van der Waals surface area contributed by atoms with Gasteiger partial charge in [0.1, 0.15) is 4.60 Å². The van der Waals surface area contributed by atoms with Crippen molar-refractivity contribution in [2.75, 3.05) is 13.7 Å². The van der Waals surface area contributed by atoms with Crippen molar-refractivity contribution >= 4 is 27.3 Å². The van der Waals surface area contributed by atoms with Crippen LogP contribution in [0.4, 0.5) is 0 Å². The van der Waals surface area contributed by atoms with E-state index < -0.39 is 6.10 Å². The molecule has 0 saturated carbocycles. The average Bonchev–Trinajstić information content (AvgIpc) is 2.50. The number of methoxy groups -OCH3 is 1. The zero-order valence-corrected chi connectivity index (χ0v) is 9.93. The molecule has 0 fully saturated rings. The number of rotatable bonds is 4. The minimum absolute atomic E-state index is 0.0850. The Morgan fingerprint density at radius 1 is 1.77 bits per heavy atom. The molecule has 2 atom stereocenters. The molecule has 3 nitrogen and oxygen atoms in total. The standard InChI is InChI=1S/C8H12BrNO2S/c1-5(3-12-2)6(11)7-8(9)10-4-13-7/h4-6,11H,3H2,1-2H3. The molecule has 13 heavy (non-hydrogen) atoms. The number of hydrogen-bond donors (Lipinski definition) is 1. The minimum Gasteiger partial charge on any atom is -0.387 e. The summed E-state index contributed by atoms with van der Waals surface area (Å²) in [7, 11) is 1.63. The molecule has 1 heterocycles. The van der Waals surface area contributed by atoms with Gasteiger partial charge in [0.05, 0.1) is 23.1 Å². The second kappa shape index (κ2) is 5.05. The Labute approximate surface area is 89.9 Å². The van der Waals surface area contributed by atoms with Crippen molar-refractivity contribution in [1.82, 2.24) is 4.98 Å². The van der Waals surface area contributed by atoms with Crippen LogP contribution in [0.15, 0.2) is 10.1 Å². The van der Waals surface area contributed by atoms with Crippen LogP contribution in [0, 0.1) is 5.92 Å². The van der Waals surface area contributed by atoms with E-state index in [2.05, 4.69) is 20.9 Å². The number of nitrogens with zero attached hydrogens (tertiary/aromatic N) is 1. The summed E-state index contributed by atoms with van der Waals surface area (Å²) in [6.45, 7) is 2.49. The highest BCUT2D eigenvalue weighted by Crippen LogP contribution is 2.31.